The van der Waals surface area contributed by atoms with E-state index in [2.05, 4.69) is 17.1 Å². The van der Waals surface area contributed by atoms with E-state index >= 15 is 0 Å². The zero-order valence-corrected chi connectivity index (χ0v) is 12.9. The molecule has 1 saturated heterocycles. The summed E-state index contributed by atoms with van der Waals surface area (Å²) in [6.45, 7) is 8.28. The molecule has 1 aliphatic heterocycles. The zero-order chi connectivity index (χ0) is 13.5. The lowest BCUT2D eigenvalue weighted by Gasteiger charge is -2.33. The van der Waals surface area contributed by atoms with Gasteiger partial charge in [-0.3, -0.25) is 0 Å². The normalized spacial score (nSPS) is 30.6. The summed E-state index contributed by atoms with van der Waals surface area (Å²) in [7, 11) is 1.82. The summed E-state index contributed by atoms with van der Waals surface area (Å²) in [6.07, 6.45) is 8.29. The third kappa shape index (κ3) is 5.05. The van der Waals surface area contributed by atoms with Gasteiger partial charge in [0.2, 0.25) is 0 Å². The van der Waals surface area contributed by atoms with Gasteiger partial charge in [0, 0.05) is 32.8 Å². The second kappa shape index (κ2) is 8.23. The quantitative estimate of drug-likeness (QED) is 0.801. The van der Waals surface area contributed by atoms with Crippen molar-refractivity contribution in [3.05, 3.63) is 0 Å². The topological polar surface area (TPSA) is 24.5 Å². The zero-order valence-electron chi connectivity index (χ0n) is 12.9. The van der Waals surface area contributed by atoms with Gasteiger partial charge in [-0.15, -0.1) is 0 Å². The standard InChI is InChI=1S/C16H32N2O/c1-14-5-3-4-6-16(14)17-9-12-18-10-7-15(8-11-18)13-19-2/h14-17H,3-13H2,1-2H3. The van der Waals surface area contributed by atoms with E-state index < -0.39 is 0 Å². The number of hydrogen-bond donors (Lipinski definition) is 1. The molecule has 2 aliphatic rings. The van der Waals surface area contributed by atoms with Gasteiger partial charge < -0.3 is 15.0 Å². The molecule has 1 N–H and O–H groups in total. The van der Waals surface area contributed by atoms with Crippen LogP contribution in [0.4, 0.5) is 0 Å². The molecule has 0 bridgehead atoms. The monoisotopic (exact) mass is 268 g/mol. The van der Waals surface area contributed by atoms with E-state index in [4.69, 9.17) is 4.74 Å². The third-order valence-corrected chi connectivity index (χ3v) is 5.06. The van der Waals surface area contributed by atoms with Gasteiger partial charge in [0.15, 0.2) is 0 Å². The molecule has 3 nitrogen and oxygen atoms in total. The number of methoxy groups -OCH3 is 1. The van der Waals surface area contributed by atoms with Crippen LogP contribution in [0.15, 0.2) is 0 Å². The van der Waals surface area contributed by atoms with Crippen LogP contribution in [0, 0.1) is 11.8 Å². The fourth-order valence-electron chi connectivity index (χ4n) is 3.64. The summed E-state index contributed by atoms with van der Waals surface area (Å²) in [6, 6.07) is 0.778. The lowest BCUT2D eigenvalue weighted by Crippen LogP contribution is -2.43. The summed E-state index contributed by atoms with van der Waals surface area (Å²) in [5.74, 6) is 1.67. The van der Waals surface area contributed by atoms with Crippen molar-refractivity contribution < 1.29 is 4.74 Å². The van der Waals surface area contributed by atoms with E-state index in [1.807, 2.05) is 7.11 Å². The van der Waals surface area contributed by atoms with Gasteiger partial charge in [-0.2, -0.15) is 0 Å². The Bertz CT molecular complexity index is 239. The summed E-state index contributed by atoms with van der Waals surface area (Å²) in [5, 5.41) is 3.79. The average molecular weight is 268 g/mol. The van der Waals surface area contributed by atoms with Crippen LogP contribution < -0.4 is 5.32 Å². The predicted molar refractivity (Wildman–Crippen MR) is 80.5 cm³/mol. The van der Waals surface area contributed by atoms with Crippen molar-refractivity contribution in [2.45, 2.75) is 51.5 Å². The Labute approximate surface area is 119 Å². The van der Waals surface area contributed by atoms with E-state index in [0.717, 1.165) is 24.5 Å². The first-order valence-corrected chi connectivity index (χ1v) is 8.24. The maximum Gasteiger partial charge on any atom is 0.0491 e. The Morgan fingerprint density at radius 1 is 1.11 bits per heavy atom. The lowest BCUT2D eigenvalue weighted by molar-refractivity contribution is 0.0989. The first kappa shape index (κ1) is 15.3. The molecule has 2 atom stereocenters. The minimum absolute atomic E-state index is 0.778. The molecule has 2 unspecified atom stereocenters. The molecule has 0 aromatic rings. The number of likely N-dealkylation sites (tertiary alicyclic amines) is 1. The molecule has 0 aromatic heterocycles. The lowest BCUT2D eigenvalue weighted by atomic mass is 9.86. The second-order valence-electron chi connectivity index (χ2n) is 6.56. The van der Waals surface area contributed by atoms with Gasteiger partial charge in [0.05, 0.1) is 0 Å². The maximum atomic E-state index is 5.26. The maximum absolute atomic E-state index is 5.26. The van der Waals surface area contributed by atoms with Crippen LogP contribution in [0.2, 0.25) is 0 Å². The largest absolute Gasteiger partial charge is 0.384 e. The Morgan fingerprint density at radius 2 is 1.84 bits per heavy atom. The van der Waals surface area contributed by atoms with Gasteiger partial charge in [0.25, 0.3) is 0 Å². The molecular weight excluding hydrogens is 236 g/mol. The van der Waals surface area contributed by atoms with Crippen molar-refractivity contribution in [2.24, 2.45) is 11.8 Å². The van der Waals surface area contributed by atoms with Gasteiger partial charge >= 0.3 is 0 Å². The smallest absolute Gasteiger partial charge is 0.0491 e. The van der Waals surface area contributed by atoms with E-state index in [1.54, 1.807) is 0 Å². The molecule has 1 saturated carbocycles. The van der Waals surface area contributed by atoms with Crippen LogP contribution in [0.3, 0.4) is 0 Å². The average Bonchev–Trinajstić information content (AvgIpc) is 2.43. The number of rotatable bonds is 6. The van der Waals surface area contributed by atoms with Gasteiger partial charge in [-0.05, 0) is 50.6 Å². The highest BCUT2D eigenvalue weighted by molar-refractivity contribution is 4.79. The van der Waals surface area contributed by atoms with Crippen LogP contribution in [0.5, 0.6) is 0 Å². The molecular formula is C16H32N2O. The predicted octanol–water partition coefficient (Wildman–Crippen LogP) is 2.51. The molecule has 1 heterocycles. The highest BCUT2D eigenvalue weighted by atomic mass is 16.5. The van der Waals surface area contributed by atoms with E-state index in [9.17, 15) is 0 Å². The minimum Gasteiger partial charge on any atom is -0.384 e. The SMILES string of the molecule is COCC1CCN(CCNC2CCCCC2C)CC1. The first-order valence-electron chi connectivity index (χ1n) is 8.24. The Balaban J connectivity index is 1.56. The molecule has 2 rings (SSSR count). The number of nitrogens with zero attached hydrogens (tertiary/aromatic N) is 1. The number of hydrogen-bond acceptors (Lipinski definition) is 3. The molecule has 112 valence electrons. The van der Waals surface area contributed by atoms with Crippen LogP contribution in [-0.2, 0) is 4.74 Å². The molecule has 19 heavy (non-hydrogen) atoms. The fraction of sp³-hybridized carbons (Fsp3) is 1.00. The van der Waals surface area contributed by atoms with Crippen molar-refractivity contribution >= 4 is 0 Å². The van der Waals surface area contributed by atoms with Crippen LogP contribution in [-0.4, -0.2) is 50.8 Å². The summed E-state index contributed by atoms with van der Waals surface area (Å²) in [5.41, 5.74) is 0. The summed E-state index contributed by atoms with van der Waals surface area (Å²) < 4.78 is 5.26. The van der Waals surface area contributed by atoms with E-state index in [1.165, 1.54) is 64.7 Å². The highest BCUT2D eigenvalue weighted by Crippen LogP contribution is 2.23. The fourth-order valence-corrected chi connectivity index (χ4v) is 3.64. The first-order chi connectivity index (χ1) is 9.29. The molecule has 1 aliphatic carbocycles. The molecule has 0 amide bonds. The minimum atomic E-state index is 0.778. The molecule has 0 spiro atoms. The third-order valence-electron chi connectivity index (χ3n) is 5.06. The number of piperidine rings is 1. The second-order valence-corrected chi connectivity index (χ2v) is 6.56. The van der Waals surface area contributed by atoms with Gasteiger partial charge in [-0.25, -0.2) is 0 Å². The van der Waals surface area contributed by atoms with Crippen LogP contribution in [0.1, 0.15) is 45.4 Å². The number of ether oxygens (including phenoxy) is 1. The van der Waals surface area contributed by atoms with E-state index in [0.29, 0.717) is 0 Å². The molecule has 3 heteroatoms. The van der Waals surface area contributed by atoms with Crippen LogP contribution >= 0.6 is 0 Å². The van der Waals surface area contributed by atoms with Gasteiger partial charge in [0.1, 0.15) is 0 Å². The van der Waals surface area contributed by atoms with Crippen molar-refractivity contribution in [3.8, 4) is 0 Å². The van der Waals surface area contributed by atoms with Crippen molar-refractivity contribution in [1.82, 2.24) is 10.2 Å². The molecule has 2 fully saturated rings. The Kier molecular flexibility index (Phi) is 6.62. The summed E-state index contributed by atoms with van der Waals surface area (Å²) >= 11 is 0. The summed E-state index contributed by atoms with van der Waals surface area (Å²) in [4.78, 5) is 2.62. The highest BCUT2D eigenvalue weighted by Gasteiger charge is 2.22. The van der Waals surface area contributed by atoms with Crippen LogP contribution in [0.25, 0.3) is 0 Å². The Morgan fingerprint density at radius 3 is 2.53 bits per heavy atom. The van der Waals surface area contributed by atoms with E-state index in [-0.39, 0.29) is 0 Å². The Hall–Kier alpha value is -0.120. The number of nitrogens with one attached hydrogen (secondary N) is 1. The van der Waals surface area contributed by atoms with Crippen molar-refractivity contribution in [3.63, 3.8) is 0 Å². The van der Waals surface area contributed by atoms with Crippen molar-refractivity contribution in [1.29, 1.82) is 0 Å². The molecule has 0 aromatic carbocycles. The molecule has 0 radical (unpaired) electrons. The van der Waals surface area contributed by atoms with Crippen molar-refractivity contribution in [2.75, 3.05) is 39.9 Å². The van der Waals surface area contributed by atoms with Gasteiger partial charge in [-0.1, -0.05) is 19.8 Å².